The van der Waals surface area contributed by atoms with E-state index in [0.29, 0.717) is 16.1 Å². The Morgan fingerprint density at radius 2 is 2.13 bits per heavy atom. The van der Waals surface area contributed by atoms with Gasteiger partial charge in [0.15, 0.2) is 0 Å². The third-order valence-corrected chi connectivity index (χ3v) is 6.07. The van der Waals surface area contributed by atoms with Gasteiger partial charge < -0.3 is 10.1 Å². The molecule has 0 aliphatic carbocycles. The fourth-order valence-corrected chi connectivity index (χ4v) is 4.48. The minimum Gasteiger partial charge on any atom is -0.364 e. The summed E-state index contributed by atoms with van der Waals surface area (Å²) in [6.45, 7) is 0.239. The SMILES string of the molecule is COCNC(=O)C1[C@H]2CC[C@@H](C[C@H]1c1ccc(Cl)c(Cl)c1)N2C. The number of carbonyl (C=O) groups is 1. The molecule has 2 bridgehead atoms. The Morgan fingerprint density at radius 1 is 1.35 bits per heavy atom. The molecule has 2 heterocycles. The number of benzene rings is 1. The molecule has 0 saturated carbocycles. The molecule has 0 radical (unpaired) electrons. The van der Waals surface area contributed by atoms with Crippen LogP contribution in [0.1, 0.15) is 30.7 Å². The fraction of sp³-hybridized carbons (Fsp3) is 0.588. The van der Waals surface area contributed by atoms with Crippen molar-refractivity contribution in [3.63, 3.8) is 0 Å². The molecule has 2 aliphatic rings. The summed E-state index contributed by atoms with van der Waals surface area (Å²) in [4.78, 5) is 15.1. The van der Waals surface area contributed by atoms with Gasteiger partial charge in [-0.1, -0.05) is 29.3 Å². The third-order valence-electron chi connectivity index (χ3n) is 5.33. The number of methoxy groups -OCH3 is 1. The lowest BCUT2D eigenvalue weighted by molar-refractivity contribution is -0.130. The van der Waals surface area contributed by atoms with Crippen molar-refractivity contribution in [3.8, 4) is 0 Å². The Morgan fingerprint density at radius 3 is 2.83 bits per heavy atom. The van der Waals surface area contributed by atoms with E-state index in [9.17, 15) is 4.79 Å². The predicted octanol–water partition coefficient (Wildman–Crippen LogP) is 3.28. The molecule has 0 spiro atoms. The zero-order valence-electron chi connectivity index (χ0n) is 13.4. The standard InChI is InChI=1S/C17H22Cl2N2O2/c1-21-11-4-6-15(21)16(17(22)20-9-23-2)12(8-11)10-3-5-13(18)14(19)7-10/h3,5,7,11-12,15-16H,4,6,8-9H2,1-2H3,(H,20,22)/t11-,12-,15+,16?/m0/s1. The van der Waals surface area contributed by atoms with Gasteiger partial charge in [0.05, 0.1) is 16.0 Å². The number of fused-ring (bicyclic) bond motifs is 2. The monoisotopic (exact) mass is 356 g/mol. The molecule has 1 unspecified atom stereocenters. The summed E-state index contributed by atoms with van der Waals surface area (Å²) in [6.07, 6.45) is 3.17. The van der Waals surface area contributed by atoms with Crippen molar-refractivity contribution in [1.29, 1.82) is 0 Å². The minimum atomic E-state index is -0.0915. The first-order chi connectivity index (χ1) is 11.0. The fourth-order valence-electron chi connectivity index (χ4n) is 4.17. The molecule has 2 aliphatic heterocycles. The van der Waals surface area contributed by atoms with E-state index in [1.807, 2.05) is 18.2 Å². The summed E-state index contributed by atoms with van der Waals surface area (Å²) in [6, 6.07) is 6.54. The highest BCUT2D eigenvalue weighted by Crippen LogP contribution is 2.46. The highest BCUT2D eigenvalue weighted by molar-refractivity contribution is 6.42. The first-order valence-electron chi connectivity index (χ1n) is 7.96. The van der Waals surface area contributed by atoms with Crippen molar-refractivity contribution in [2.45, 2.75) is 37.3 Å². The van der Waals surface area contributed by atoms with E-state index >= 15 is 0 Å². The van der Waals surface area contributed by atoms with Gasteiger partial charge in [0.25, 0.3) is 0 Å². The maximum atomic E-state index is 12.7. The van der Waals surface area contributed by atoms with Crippen LogP contribution in [0.25, 0.3) is 0 Å². The van der Waals surface area contributed by atoms with E-state index in [0.717, 1.165) is 24.8 Å². The van der Waals surface area contributed by atoms with Crippen LogP contribution in [-0.4, -0.2) is 43.8 Å². The summed E-state index contributed by atoms with van der Waals surface area (Å²) in [7, 11) is 3.71. The lowest BCUT2D eigenvalue weighted by Gasteiger charge is -2.42. The molecule has 0 aromatic heterocycles. The number of amides is 1. The number of ether oxygens (including phenoxy) is 1. The first-order valence-corrected chi connectivity index (χ1v) is 8.72. The molecule has 6 heteroatoms. The van der Waals surface area contributed by atoms with Crippen LogP contribution in [0.3, 0.4) is 0 Å². The average Bonchev–Trinajstić information content (AvgIpc) is 2.77. The zero-order chi connectivity index (χ0) is 16.6. The van der Waals surface area contributed by atoms with Crippen LogP contribution in [0.15, 0.2) is 18.2 Å². The van der Waals surface area contributed by atoms with Crippen LogP contribution in [0.5, 0.6) is 0 Å². The van der Waals surface area contributed by atoms with Crippen molar-refractivity contribution < 1.29 is 9.53 Å². The van der Waals surface area contributed by atoms with Crippen LogP contribution < -0.4 is 5.32 Å². The van der Waals surface area contributed by atoms with Crippen LogP contribution in [0.2, 0.25) is 10.0 Å². The van der Waals surface area contributed by atoms with Crippen molar-refractivity contribution in [1.82, 2.24) is 10.2 Å². The molecule has 3 rings (SSSR count). The van der Waals surface area contributed by atoms with Crippen LogP contribution in [0, 0.1) is 5.92 Å². The Bertz CT molecular complexity index is 596. The van der Waals surface area contributed by atoms with Gasteiger partial charge in [0.2, 0.25) is 5.91 Å². The topological polar surface area (TPSA) is 41.6 Å². The Labute approximate surface area is 147 Å². The number of hydrogen-bond acceptors (Lipinski definition) is 3. The lowest BCUT2D eigenvalue weighted by Crippen LogP contribution is -2.51. The van der Waals surface area contributed by atoms with E-state index < -0.39 is 0 Å². The molecule has 4 nitrogen and oxygen atoms in total. The molecule has 1 amide bonds. The first kappa shape index (κ1) is 17.0. The smallest absolute Gasteiger partial charge is 0.227 e. The van der Waals surface area contributed by atoms with Gasteiger partial charge in [-0.05, 0) is 49.9 Å². The van der Waals surface area contributed by atoms with Crippen molar-refractivity contribution in [3.05, 3.63) is 33.8 Å². The Kier molecular flexibility index (Phi) is 5.16. The van der Waals surface area contributed by atoms with E-state index in [-0.39, 0.29) is 30.5 Å². The van der Waals surface area contributed by atoms with Crippen molar-refractivity contribution >= 4 is 29.1 Å². The highest BCUT2D eigenvalue weighted by Gasteiger charge is 2.48. The molecule has 126 valence electrons. The van der Waals surface area contributed by atoms with E-state index in [4.69, 9.17) is 27.9 Å². The van der Waals surface area contributed by atoms with Gasteiger partial charge in [0.1, 0.15) is 6.73 Å². The Balaban J connectivity index is 1.92. The van der Waals surface area contributed by atoms with Crippen molar-refractivity contribution in [2.75, 3.05) is 20.9 Å². The van der Waals surface area contributed by atoms with E-state index in [1.165, 1.54) is 0 Å². The van der Waals surface area contributed by atoms with Gasteiger partial charge in [-0.25, -0.2) is 0 Å². The number of hydrogen-bond donors (Lipinski definition) is 1. The van der Waals surface area contributed by atoms with E-state index in [2.05, 4.69) is 17.3 Å². The number of rotatable bonds is 4. The second-order valence-corrected chi connectivity index (χ2v) is 7.29. The number of halogens is 2. The number of nitrogens with one attached hydrogen (secondary N) is 1. The quantitative estimate of drug-likeness (QED) is 0.841. The minimum absolute atomic E-state index is 0.0557. The summed E-state index contributed by atoms with van der Waals surface area (Å²) in [5.74, 6) is 0.126. The second kappa shape index (κ2) is 6.98. The van der Waals surface area contributed by atoms with Crippen LogP contribution in [0.4, 0.5) is 0 Å². The molecule has 2 saturated heterocycles. The largest absolute Gasteiger partial charge is 0.364 e. The zero-order valence-corrected chi connectivity index (χ0v) is 14.9. The van der Waals surface area contributed by atoms with E-state index in [1.54, 1.807) is 7.11 Å². The highest BCUT2D eigenvalue weighted by atomic mass is 35.5. The predicted molar refractivity (Wildman–Crippen MR) is 91.9 cm³/mol. The molecule has 1 aromatic rings. The molecule has 1 aromatic carbocycles. The van der Waals surface area contributed by atoms with Gasteiger partial charge in [-0.3, -0.25) is 9.69 Å². The molecule has 23 heavy (non-hydrogen) atoms. The molecular formula is C17H22Cl2N2O2. The second-order valence-electron chi connectivity index (χ2n) is 6.48. The maximum absolute atomic E-state index is 12.7. The average molecular weight is 357 g/mol. The van der Waals surface area contributed by atoms with Gasteiger partial charge >= 0.3 is 0 Å². The van der Waals surface area contributed by atoms with Crippen LogP contribution in [-0.2, 0) is 9.53 Å². The van der Waals surface area contributed by atoms with Gasteiger partial charge in [0, 0.05) is 19.2 Å². The molecule has 4 atom stereocenters. The summed E-state index contributed by atoms with van der Waals surface area (Å²) in [5, 5.41) is 3.98. The van der Waals surface area contributed by atoms with Crippen LogP contribution >= 0.6 is 23.2 Å². The molecular weight excluding hydrogens is 335 g/mol. The van der Waals surface area contributed by atoms with Gasteiger partial charge in [-0.15, -0.1) is 0 Å². The summed E-state index contributed by atoms with van der Waals surface area (Å²) < 4.78 is 5.00. The molecule has 1 N–H and O–H groups in total. The number of piperidine rings is 1. The normalized spacial score (nSPS) is 30.4. The van der Waals surface area contributed by atoms with Gasteiger partial charge in [-0.2, -0.15) is 0 Å². The summed E-state index contributed by atoms with van der Waals surface area (Å²) in [5.41, 5.74) is 1.10. The number of carbonyl (C=O) groups excluding carboxylic acids is 1. The number of nitrogens with zero attached hydrogens (tertiary/aromatic N) is 1. The lowest BCUT2D eigenvalue weighted by atomic mass is 9.75. The van der Waals surface area contributed by atoms with Crippen molar-refractivity contribution in [2.24, 2.45) is 5.92 Å². The third kappa shape index (κ3) is 3.22. The Hall–Kier alpha value is -0.810. The summed E-state index contributed by atoms with van der Waals surface area (Å²) >= 11 is 12.2. The molecule has 2 fully saturated rings. The maximum Gasteiger partial charge on any atom is 0.227 e.